The Bertz CT molecular complexity index is 909. The Hall–Kier alpha value is -4.04. The van der Waals surface area contributed by atoms with Crippen molar-refractivity contribution >= 4 is 23.0 Å². The maximum absolute atomic E-state index is 12.6. The van der Waals surface area contributed by atoms with E-state index in [1.54, 1.807) is 54.6 Å². The molecule has 2 aromatic carbocycles. The van der Waals surface area contributed by atoms with Crippen LogP contribution in [0.25, 0.3) is 0 Å². The number of nitriles is 2. The van der Waals surface area contributed by atoms with Crippen molar-refractivity contribution in [2.24, 2.45) is 5.10 Å². The molecule has 0 bridgehead atoms. The molecule has 26 heavy (non-hydrogen) atoms. The van der Waals surface area contributed by atoms with Crippen LogP contribution in [0, 0.1) is 22.7 Å². The van der Waals surface area contributed by atoms with E-state index < -0.39 is 5.91 Å². The molecule has 2 rings (SSSR count). The summed E-state index contributed by atoms with van der Waals surface area (Å²) in [7, 11) is 3.03. The quantitative estimate of drug-likeness (QED) is 0.611. The second-order valence-electron chi connectivity index (χ2n) is 4.87. The van der Waals surface area contributed by atoms with Crippen LogP contribution in [0.2, 0.25) is 0 Å². The summed E-state index contributed by atoms with van der Waals surface area (Å²) < 4.78 is 10.4. The third-order valence-electron chi connectivity index (χ3n) is 3.31. The Morgan fingerprint density at radius 2 is 1.73 bits per heavy atom. The van der Waals surface area contributed by atoms with Crippen LogP contribution in [-0.2, 0) is 0 Å². The molecule has 0 aromatic heterocycles. The number of carbonyl (C=O) groups excluding carboxylic acids is 1. The Balaban J connectivity index is 2.24. The highest BCUT2D eigenvalue weighted by Gasteiger charge is 2.13. The van der Waals surface area contributed by atoms with E-state index in [9.17, 15) is 4.79 Å². The number of rotatable bonds is 6. The van der Waals surface area contributed by atoms with E-state index in [1.165, 1.54) is 14.2 Å². The summed E-state index contributed by atoms with van der Waals surface area (Å²) in [6.07, 6.45) is 0. The number of anilines is 2. The summed E-state index contributed by atoms with van der Waals surface area (Å²) in [6, 6.07) is 14.8. The van der Waals surface area contributed by atoms with Crippen molar-refractivity contribution in [3.63, 3.8) is 0 Å². The molecule has 0 saturated carbocycles. The SMILES string of the molecule is COc1ccc(NC(=O)c2ccccc2NN=C(C#N)C#N)cc1OC. The second-order valence-corrected chi connectivity index (χ2v) is 4.87. The summed E-state index contributed by atoms with van der Waals surface area (Å²) in [5, 5.41) is 23.9. The second kappa shape index (κ2) is 8.71. The molecule has 0 aliphatic carbocycles. The summed E-state index contributed by atoms with van der Waals surface area (Å²) in [6.45, 7) is 0. The van der Waals surface area contributed by atoms with Crippen molar-refractivity contribution in [1.29, 1.82) is 10.5 Å². The molecular formula is C18H15N5O3. The predicted octanol–water partition coefficient (Wildman–Crippen LogP) is 2.77. The number of hydrogen-bond donors (Lipinski definition) is 2. The Labute approximate surface area is 150 Å². The number of amides is 1. The predicted molar refractivity (Wildman–Crippen MR) is 96.2 cm³/mol. The van der Waals surface area contributed by atoms with Gasteiger partial charge in [-0.15, -0.1) is 0 Å². The molecule has 2 aromatic rings. The lowest BCUT2D eigenvalue weighted by molar-refractivity contribution is 0.102. The molecule has 0 spiro atoms. The van der Waals surface area contributed by atoms with Crippen LogP contribution < -0.4 is 20.2 Å². The topological polar surface area (TPSA) is 120 Å². The summed E-state index contributed by atoms with van der Waals surface area (Å²) in [4.78, 5) is 12.6. The number of ether oxygens (including phenoxy) is 2. The molecule has 1 amide bonds. The van der Waals surface area contributed by atoms with Gasteiger partial charge in [0, 0.05) is 11.8 Å². The van der Waals surface area contributed by atoms with E-state index in [1.807, 2.05) is 0 Å². The van der Waals surface area contributed by atoms with Crippen LogP contribution in [0.4, 0.5) is 11.4 Å². The maximum atomic E-state index is 12.6. The van der Waals surface area contributed by atoms with Gasteiger partial charge in [-0.3, -0.25) is 10.2 Å². The largest absolute Gasteiger partial charge is 0.493 e. The number of nitrogens with zero attached hydrogens (tertiary/aromatic N) is 3. The van der Waals surface area contributed by atoms with E-state index in [-0.39, 0.29) is 5.71 Å². The molecule has 8 heteroatoms. The Morgan fingerprint density at radius 1 is 1.04 bits per heavy atom. The van der Waals surface area contributed by atoms with Crippen LogP contribution in [0.15, 0.2) is 47.6 Å². The lowest BCUT2D eigenvalue weighted by Crippen LogP contribution is -2.14. The lowest BCUT2D eigenvalue weighted by atomic mass is 10.1. The molecule has 0 atom stereocenters. The molecule has 130 valence electrons. The van der Waals surface area contributed by atoms with Gasteiger partial charge in [0.2, 0.25) is 5.71 Å². The summed E-state index contributed by atoms with van der Waals surface area (Å²) in [5.74, 6) is 0.627. The number of hydrogen-bond acceptors (Lipinski definition) is 7. The zero-order valence-corrected chi connectivity index (χ0v) is 14.1. The van der Waals surface area contributed by atoms with E-state index in [0.29, 0.717) is 28.4 Å². The highest BCUT2D eigenvalue weighted by Crippen LogP contribution is 2.30. The molecule has 0 aliphatic heterocycles. The van der Waals surface area contributed by atoms with Crippen molar-refractivity contribution in [1.82, 2.24) is 0 Å². The Morgan fingerprint density at radius 3 is 2.38 bits per heavy atom. The Kier molecular flexibility index (Phi) is 6.13. The van der Waals surface area contributed by atoms with Crippen LogP contribution in [-0.4, -0.2) is 25.8 Å². The molecule has 8 nitrogen and oxygen atoms in total. The molecule has 0 aliphatic rings. The van der Waals surface area contributed by atoms with E-state index in [4.69, 9.17) is 20.0 Å². The normalized spacial score (nSPS) is 9.23. The van der Waals surface area contributed by atoms with Crippen LogP contribution >= 0.6 is 0 Å². The first-order valence-corrected chi connectivity index (χ1v) is 7.39. The van der Waals surface area contributed by atoms with Gasteiger partial charge in [0.25, 0.3) is 5.91 Å². The number of hydrazone groups is 1. The van der Waals surface area contributed by atoms with Crippen molar-refractivity contribution < 1.29 is 14.3 Å². The fourth-order valence-electron chi connectivity index (χ4n) is 2.08. The molecule has 0 heterocycles. The van der Waals surface area contributed by atoms with Crippen molar-refractivity contribution in [3.05, 3.63) is 48.0 Å². The van der Waals surface area contributed by atoms with E-state index in [0.717, 1.165) is 0 Å². The third-order valence-corrected chi connectivity index (χ3v) is 3.31. The van der Waals surface area contributed by atoms with Crippen molar-refractivity contribution in [2.45, 2.75) is 0 Å². The fraction of sp³-hybridized carbons (Fsp3) is 0.111. The zero-order valence-electron chi connectivity index (χ0n) is 14.1. The highest BCUT2D eigenvalue weighted by atomic mass is 16.5. The number of nitrogens with one attached hydrogen (secondary N) is 2. The number of para-hydroxylation sites is 1. The number of methoxy groups -OCH3 is 2. The van der Waals surface area contributed by atoms with E-state index in [2.05, 4.69) is 15.8 Å². The van der Waals surface area contributed by atoms with Crippen LogP contribution in [0.1, 0.15) is 10.4 Å². The van der Waals surface area contributed by atoms with Gasteiger partial charge in [-0.1, -0.05) is 12.1 Å². The standard InChI is InChI=1S/C18H15N5O3/c1-25-16-8-7-12(9-17(16)26-2)21-18(24)14-5-3-4-6-15(14)23-22-13(10-19)11-20/h3-9,23H,1-2H3,(H,21,24). The van der Waals surface area contributed by atoms with Gasteiger partial charge in [0.15, 0.2) is 11.5 Å². The van der Waals surface area contributed by atoms with Crippen molar-refractivity contribution in [2.75, 3.05) is 25.0 Å². The smallest absolute Gasteiger partial charge is 0.257 e. The molecule has 0 unspecified atom stereocenters. The minimum atomic E-state index is -0.397. The number of benzene rings is 2. The van der Waals surface area contributed by atoms with Gasteiger partial charge in [-0.25, -0.2) is 0 Å². The average Bonchev–Trinajstić information content (AvgIpc) is 2.68. The first-order chi connectivity index (χ1) is 12.6. The zero-order chi connectivity index (χ0) is 18.9. The van der Waals surface area contributed by atoms with Crippen LogP contribution in [0.3, 0.4) is 0 Å². The first-order valence-electron chi connectivity index (χ1n) is 7.39. The minimum absolute atomic E-state index is 0.293. The van der Waals surface area contributed by atoms with Crippen molar-refractivity contribution in [3.8, 4) is 23.6 Å². The molecule has 0 radical (unpaired) electrons. The number of carbonyl (C=O) groups is 1. The van der Waals surface area contributed by atoms with Gasteiger partial charge in [-0.05, 0) is 24.3 Å². The van der Waals surface area contributed by atoms with Gasteiger partial charge < -0.3 is 14.8 Å². The first kappa shape index (κ1) is 18.3. The third kappa shape index (κ3) is 4.28. The minimum Gasteiger partial charge on any atom is -0.493 e. The summed E-state index contributed by atoms with van der Waals surface area (Å²) in [5.41, 5.74) is 3.38. The average molecular weight is 349 g/mol. The molecule has 2 N–H and O–H groups in total. The van der Waals surface area contributed by atoms with E-state index >= 15 is 0 Å². The van der Waals surface area contributed by atoms with Gasteiger partial charge in [0.1, 0.15) is 12.1 Å². The summed E-state index contributed by atoms with van der Waals surface area (Å²) >= 11 is 0. The molecule has 0 fully saturated rings. The van der Waals surface area contributed by atoms with Gasteiger partial charge in [0.05, 0.1) is 25.5 Å². The monoisotopic (exact) mass is 349 g/mol. The fourth-order valence-corrected chi connectivity index (χ4v) is 2.08. The van der Waals surface area contributed by atoms with Gasteiger partial charge >= 0.3 is 0 Å². The van der Waals surface area contributed by atoms with Crippen LogP contribution in [0.5, 0.6) is 11.5 Å². The van der Waals surface area contributed by atoms with Gasteiger partial charge in [-0.2, -0.15) is 15.6 Å². The molecule has 0 saturated heterocycles. The molecular weight excluding hydrogens is 334 g/mol. The maximum Gasteiger partial charge on any atom is 0.257 e. The highest BCUT2D eigenvalue weighted by molar-refractivity contribution is 6.11. The lowest BCUT2D eigenvalue weighted by Gasteiger charge is -2.12.